The Kier molecular flexibility index (Phi) is 3.39. The molecule has 0 aromatic heterocycles. The first kappa shape index (κ1) is 15.2. The number of para-hydroxylation sites is 1. The largest absolute Gasteiger partial charge is 0.443 e. The summed E-state index contributed by atoms with van der Waals surface area (Å²) in [4.78, 5) is 14.7. The van der Waals surface area contributed by atoms with Gasteiger partial charge in [-0.25, -0.2) is 4.79 Å². The van der Waals surface area contributed by atoms with Gasteiger partial charge in [-0.15, -0.1) is 0 Å². The highest BCUT2D eigenvalue weighted by atomic mass is 16.6. The van der Waals surface area contributed by atoms with Crippen molar-refractivity contribution >= 4 is 11.8 Å². The summed E-state index contributed by atoms with van der Waals surface area (Å²) in [6, 6.07) is 17.8. The van der Waals surface area contributed by atoms with Crippen molar-refractivity contribution in [1.29, 1.82) is 0 Å². The van der Waals surface area contributed by atoms with E-state index in [0.717, 1.165) is 16.8 Å². The van der Waals surface area contributed by atoms with Gasteiger partial charge in [0, 0.05) is 5.56 Å². The monoisotopic (exact) mass is 323 g/mol. The Labute approximate surface area is 142 Å². The highest BCUT2D eigenvalue weighted by Crippen LogP contribution is 2.56. The van der Waals surface area contributed by atoms with Crippen LogP contribution in [0.2, 0.25) is 0 Å². The van der Waals surface area contributed by atoms with Crippen LogP contribution in [0.5, 0.6) is 0 Å². The molecule has 0 spiro atoms. The molecule has 24 heavy (non-hydrogen) atoms. The molecule has 3 unspecified atom stereocenters. The number of amides is 1. The number of nitrogens with zero attached hydrogens (tertiary/aromatic N) is 1. The minimum Gasteiger partial charge on any atom is -0.443 e. The van der Waals surface area contributed by atoms with Crippen LogP contribution in [0, 0.1) is 0 Å². The zero-order valence-electron chi connectivity index (χ0n) is 14.1. The fraction of sp³-hybridized carbons (Fsp3) is 0.350. The summed E-state index contributed by atoms with van der Waals surface area (Å²) in [7, 11) is 0. The number of carbonyl (C=O) groups excluding carboxylic acids is 1. The minimum absolute atomic E-state index is 0.0187. The van der Waals surface area contributed by atoms with Crippen molar-refractivity contribution in [2.45, 2.75) is 44.6 Å². The molecule has 2 heterocycles. The van der Waals surface area contributed by atoms with E-state index in [9.17, 15) is 4.79 Å². The number of fused-ring (bicyclic) bond motifs is 3. The van der Waals surface area contributed by atoms with Gasteiger partial charge in [-0.3, -0.25) is 4.90 Å². The van der Waals surface area contributed by atoms with E-state index in [1.807, 2.05) is 75.4 Å². The summed E-state index contributed by atoms with van der Waals surface area (Å²) in [5.74, 6) is 0. The number of anilines is 1. The number of hydrogen-bond acceptors (Lipinski definition) is 3. The maximum Gasteiger partial charge on any atom is 0.415 e. The van der Waals surface area contributed by atoms with Crippen LogP contribution in [-0.4, -0.2) is 17.8 Å². The van der Waals surface area contributed by atoms with E-state index in [1.165, 1.54) is 0 Å². The van der Waals surface area contributed by atoms with Crippen molar-refractivity contribution in [3.05, 3.63) is 65.7 Å². The van der Waals surface area contributed by atoms with E-state index < -0.39 is 5.60 Å². The lowest BCUT2D eigenvalue weighted by molar-refractivity contribution is 0.0558. The second-order valence-electron chi connectivity index (χ2n) is 7.29. The van der Waals surface area contributed by atoms with Crippen molar-refractivity contribution in [3.8, 4) is 0 Å². The fourth-order valence-corrected chi connectivity index (χ4v) is 3.37. The third-order valence-electron chi connectivity index (χ3n) is 4.35. The first-order chi connectivity index (χ1) is 11.5. The van der Waals surface area contributed by atoms with Crippen molar-refractivity contribution in [1.82, 2.24) is 0 Å². The molecule has 2 aliphatic heterocycles. The van der Waals surface area contributed by atoms with Crippen LogP contribution in [0.25, 0.3) is 0 Å². The van der Waals surface area contributed by atoms with E-state index >= 15 is 0 Å². The quantitative estimate of drug-likeness (QED) is 0.719. The van der Waals surface area contributed by atoms with Crippen molar-refractivity contribution < 1.29 is 14.3 Å². The van der Waals surface area contributed by atoms with E-state index in [0.29, 0.717) is 0 Å². The molecule has 0 aliphatic carbocycles. The number of epoxide rings is 1. The first-order valence-corrected chi connectivity index (χ1v) is 8.27. The van der Waals surface area contributed by atoms with E-state index in [2.05, 4.69) is 0 Å². The SMILES string of the molecule is CC(C)(C)OC(=O)N1c2ccccc2C2OC2C1c1ccccc1. The van der Waals surface area contributed by atoms with Gasteiger partial charge in [0.2, 0.25) is 0 Å². The van der Waals surface area contributed by atoms with Crippen LogP contribution in [0.4, 0.5) is 10.5 Å². The van der Waals surface area contributed by atoms with Crippen LogP contribution in [0.1, 0.15) is 44.0 Å². The molecule has 2 aromatic carbocycles. The summed E-state index contributed by atoms with van der Waals surface area (Å²) in [5, 5.41) is 0. The molecule has 0 bridgehead atoms. The van der Waals surface area contributed by atoms with Gasteiger partial charge in [0.25, 0.3) is 0 Å². The Morgan fingerprint density at radius 3 is 2.42 bits per heavy atom. The molecular formula is C20H21NO3. The molecule has 124 valence electrons. The second kappa shape index (κ2) is 5.35. The van der Waals surface area contributed by atoms with Gasteiger partial charge in [-0.05, 0) is 32.4 Å². The maximum absolute atomic E-state index is 13.0. The Hall–Kier alpha value is -2.33. The molecule has 0 N–H and O–H groups in total. The smallest absolute Gasteiger partial charge is 0.415 e. The zero-order valence-corrected chi connectivity index (χ0v) is 14.1. The predicted molar refractivity (Wildman–Crippen MR) is 92.0 cm³/mol. The molecule has 2 aromatic rings. The van der Waals surface area contributed by atoms with Crippen molar-refractivity contribution in [3.63, 3.8) is 0 Å². The Balaban J connectivity index is 1.80. The van der Waals surface area contributed by atoms with Crippen LogP contribution in [0.3, 0.4) is 0 Å². The van der Waals surface area contributed by atoms with Crippen LogP contribution < -0.4 is 4.90 Å². The lowest BCUT2D eigenvalue weighted by Crippen LogP contribution is -2.43. The van der Waals surface area contributed by atoms with Crippen molar-refractivity contribution in [2.75, 3.05) is 4.90 Å². The second-order valence-corrected chi connectivity index (χ2v) is 7.29. The topological polar surface area (TPSA) is 42.1 Å². The standard InChI is InChI=1S/C20H21NO3/c1-20(2,3)24-19(22)21-15-12-8-7-11-14(15)17-18(23-17)16(21)13-9-5-4-6-10-13/h4-12,16-18H,1-3H3. The Bertz CT molecular complexity index is 766. The van der Waals surface area contributed by atoms with E-state index in [1.54, 1.807) is 4.90 Å². The van der Waals surface area contributed by atoms with Crippen LogP contribution in [-0.2, 0) is 9.47 Å². The molecule has 4 rings (SSSR count). The zero-order chi connectivity index (χ0) is 16.9. The average Bonchev–Trinajstić information content (AvgIpc) is 3.33. The van der Waals surface area contributed by atoms with Gasteiger partial charge >= 0.3 is 6.09 Å². The molecule has 0 saturated carbocycles. The highest BCUT2D eigenvalue weighted by Gasteiger charge is 2.56. The van der Waals surface area contributed by atoms with Crippen LogP contribution in [0.15, 0.2) is 54.6 Å². The molecule has 3 atom stereocenters. The summed E-state index contributed by atoms with van der Waals surface area (Å²) in [5.41, 5.74) is 2.44. The molecule has 4 heteroatoms. The molecule has 1 amide bonds. The number of carbonyl (C=O) groups is 1. The highest BCUT2D eigenvalue weighted by molar-refractivity contribution is 5.91. The van der Waals surface area contributed by atoms with E-state index in [4.69, 9.17) is 9.47 Å². The van der Waals surface area contributed by atoms with Gasteiger partial charge in [-0.2, -0.15) is 0 Å². The Morgan fingerprint density at radius 1 is 1.04 bits per heavy atom. The van der Waals surface area contributed by atoms with Crippen LogP contribution >= 0.6 is 0 Å². The molecule has 0 radical (unpaired) electrons. The maximum atomic E-state index is 13.0. The summed E-state index contributed by atoms with van der Waals surface area (Å²) in [6.45, 7) is 5.65. The van der Waals surface area contributed by atoms with Gasteiger partial charge in [0.15, 0.2) is 0 Å². The predicted octanol–water partition coefficient (Wildman–Crippen LogP) is 4.62. The summed E-state index contributed by atoms with van der Waals surface area (Å²) in [6.07, 6.45) is -0.294. The lowest BCUT2D eigenvalue weighted by atomic mass is 9.91. The first-order valence-electron chi connectivity index (χ1n) is 8.27. The lowest BCUT2D eigenvalue weighted by Gasteiger charge is -2.36. The van der Waals surface area contributed by atoms with Gasteiger partial charge in [0.1, 0.15) is 17.8 Å². The minimum atomic E-state index is -0.547. The third kappa shape index (κ3) is 2.57. The van der Waals surface area contributed by atoms with Crippen molar-refractivity contribution in [2.24, 2.45) is 0 Å². The molecule has 1 fully saturated rings. The fourth-order valence-electron chi connectivity index (χ4n) is 3.37. The summed E-state index contributed by atoms with van der Waals surface area (Å²) >= 11 is 0. The van der Waals surface area contributed by atoms with E-state index in [-0.39, 0.29) is 24.3 Å². The normalized spacial score (nSPS) is 24.8. The van der Waals surface area contributed by atoms with Gasteiger partial charge in [0.05, 0.1) is 11.7 Å². The average molecular weight is 323 g/mol. The van der Waals surface area contributed by atoms with Gasteiger partial charge in [-0.1, -0.05) is 48.5 Å². The number of hydrogen-bond donors (Lipinski definition) is 0. The Morgan fingerprint density at radius 2 is 1.71 bits per heavy atom. The third-order valence-corrected chi connectivity index (χ3v) is 4.35. The molecule has 4 nitrogen and oxygen atoms in total. The molecule has 2 aliphatic rings. The van der Waals surface area contributed by atoms with Gasteiger partial charge < -0.3 is 9.47 Å². The number of rotatable bonds is 1. The molecular weight excluding hydrogens is 302 g/mol. The summed E-state index contributed by atoms with van der Waals surface area (Å²) < 4.78 is 11.6. The number of ether oxygens (including phenoxy) is 2. The molecule has 1 saturated heterocycles. The number of benzene rings is 2.